The Bertz CT molecular complexity index is 714. The van der Waals surface area contributed by atoms with Crippen molar-refractivity contribution in [3.05, 3.63) is 54.2 Å². The average Bonchev–Trinajstić information content (AvgIpc) is 3.02. The molecular formula is C15H19N3O4S. The number of hydrogen-bond donors (Lipinski definition) is 1. The number of pyridine rings is 1. The van der Waals surface area contributed by atoms with Crippen LogP contribution in [0.15, 0.2) is 47.3 Å². The van der Waals surface area contributed by atoms with Crippen molar-refractivity contribution in [2.75, 3.05) is 12.8 Å². The maximum Gasteiger partial charge on any atom is 0.221 e. The zero-order valence-electron chi connectivity index (χ0n) is 12.8. The number of aromatic nitrogens is 1. The minimum Gasteiger partial charge on any atom is -0.468 e. The summed E-state index contributed by atoms with van der Waals surface area (Å²) in [7, 11) is -3.42. The molecule has 0 saturated carbocycles. The smallest absolute Gasteiger partial charge is 0.221 e. The summed E-state index contributed by atoms with van der Waals surface area (Å²) in [4.78, 5) is 15.8. The summed E-state index contributed by atoms with van der Waals surface area (Å²) in [6.45, 7) is 0.601. The van der Waals surface area contributed by atoms with Crippen LogP contribution >= 0.6 is 0 Å². The average molecular weight is 337 g/mol. The van der Waals surface area contributed by atoms with Gasteiger partial charge in [0.1, 0.15) is 5.76 Å². The highest BCUT2D eigenvalue weighted by Crippen LogP contribution is 2.09. The molecule has 0 aliphatic rings. The monoisotopic (exact) mass is 337 g/mol. The molecule has 0 atom stereocenters. The number of nitrogens with one attached hydrogen (secondary N) is 1. The first-order valence-electron chi connectivity index (χ1n) is 7.08. The minimum absolute atomic E-state index is 0.0822. The maximum atomic E-state index is 11.9. The summed E-state index contributed by atoms with van der Waals surface area (Å²) < 4.78 is 30.0. The lowest BCUT2D eigenvalue weighted by molar-refractivity contribution is -0.121. The van der Waals surface area contributed by atoms with Crippen molar-refractivity contribution in [2.45, 2.75) is 19.5 Å². The quantitative estimate of drug-likeness (QED) is 0.780. The summed E-state index contributed by atoms with van der Waals surface area (Å²) >= 11 is 0. The first kappa shape index (κ1) is 17.2. The van der Waals surface area contributed by atoms with E-state index < -0.39 is 10.0 Å². The molecule has 8 heteroatoms. The fourth-order valence-electron chi connectivity index (χ4n) is 1.95. The lowest BCUT2D eigenvalue weighted by Gasteiger charge is -2.18. The molecule has 1 amide bonds. The Labute approximate surface area is 135 Å². The van der Waals surface area contributed by atoms with Gasteiger partial charge in [0.15, 0.2) is 0 Å². The predicted molar refractivity (Wildman–Crippen MR) is 84.7 cm³/mol. The SMILES string of the molecule is CS(=O)(=O)N(CCC(=O)NCc1ccncc1)Cc1ccco1. The number of hydrogen-bond acceptors (Lipinski definition) is 5. The van der Waals surface area contributed by atoms with Crippen LogP contribution in [0.2, 0.25) is 0 Å². The largest absolute Gasteiger partial charge is 0.468 e. The molecule has 1 N–H and O–H groups in total. The third-order valence-electron chi connectivity index (χ3n) is 3.21. The van der Waals surface area contributed by atoms with E-state index in [9.17, 15) is 13.2 Å². The molecule has 2 aromatic rings. The van der Waals surface area contributed by atoms with Crippen LogP contribution in [0, 0.1) is 0 Å². The fraction of sp³-hybridized carbons (Fsp3) is 0.333. The number of rotatable bonds is 8. The van der Waals surface area contributed by atoms with Gasteiger partial charge in [-0.3, -0.25) is 9.78 Å². The Hall–Kier alpha value is -2.19. The highest BCUT2D eigenvalue weighted by atomic mass is 32.2. The van der Waals surface area contributed by atoms with Crippen LogP contribution in [0.3, 0.4) is 0 Å². The van der Waals surface area contributed by atoms with Crippen LogP contribution in [-0.4, -0.2) is 36.4 Å². The molecule has 23 heavy (non-hydrogen) atoms. The number of carbonyl (C=O) groups is 1. The van der Waals surface area contributed by atoms with E-state index in [0.29, 0.717) is 12.3 Å². The summed E-state index contributed by atoms with van der Waals surface area (Å²) in [6.07, 6.45) is 5.98. The molecule has 124 valence electrons. The van der Waals surface area contributed by atoms with Crippen LogP contribution in [0.4, 0.5) is 0 Å². The number of furan rings is 1. The van der Waals surface area contributed by atoms with Gasteiger partial charge >= 0.3 is 0 Å². The Morgan fingerprint density at radius 3 is 2.65 bits per heavy atom. The number of amides is 1. The lowest BCUT2D eigenvalue weighted by Crippen LogP contribution is -2.34. The lowest BCUT2D eigenvalue weighted by atomic mass is 10.2. The molecule has 0 aliphatic carbocycles. The van der Waals surface area contributed by atoms with Crippen molar-refractivity contribution in [1.29, 1.82) is 0 Å². The van der Waals surface area contributed by atoms with E-state index in [1.54, 1.807) is 36.7 Å². The third-order valence-corrected chi connectivity index (χ3v) is 4.46. The summed E-state index contributed by atoms with van der Waals surface area (Å²) in [6, 6.07) is 7.00. The zero-order valence-corrected chi connectivity index (χ0v) is 13.6. The molecule has 2 aromatic heterocycles. The fourth-order valence-corrected chi connectivity index (χ4v) is 2.74. The van der Waals surface area contributed by atoms with Gasteiger partial charge in [-0.25, -0.2) is 8.42 Å². The molecule has 2 heterocycles. The Morgan fingerprint density at radius 1 is 1.30 bits per heavy atom. The van der Waals surface area contributed by atoms with Crippen LogP contribution in [0.1, 0.15) is 17.7 Å². The van der Waals surface area contributed by atoms with E-state index in [-0.39, 0.29) is 25.4 Å². The van der Waals surface area contributed by atoms with Crippen molar-refractivity contribution in [2.24, 2.45) is 0 Å². The highest BCUT2D eigenvalue weighted by Gasteiger charge is 2.19. The number of carbonyl (C=O) groups excluding carboxylic acids is 1. The molecule has 2 rings (SSSR count). The summed E-state index contributed by atoms with van der Waals surface area (Å²) in [5.74, 6) is 0.322. The first-order valence-corrected chi connectivity index (χ1v) is 8.93. The molecule has 7 nitrogen and oxygen atoms in total. The molecule has 0 aliphatic heterocycles. The van der Waals surface area contributed by atoms with Gasteiger partial charge in [-0.2, -0.15) is 4.31 Å². The molecule has 0 saturated heterocycles. The van der Waals surface area contributed by atoms with Gasteiger partial charge in [0.2, 0.25) is 15.9 Å². The van der Waals surface area contributed by atoms with Crippen LogP contribution < -0.4 is 5.32 Å². The number of sulfonamides is 1. The molecule has 0 bridgehead atoms. The van der Waals surface area contributed by atoms with E-state index in [1.807, 2.05) is 0 Å². The summed E-state index contributed by atoms with van der Waals surface area (Å²) in [5.41, 5.74) is 0.934. The Morgan fingerprint density at radius 2 is 2.04 bits per heavy atom. The van der Waals surface area contributed by atoms with Crippen LogP contribution in [0.25, 0.3) is 0 Å². The standard InChI is InChI=1S/C15H19N3O4S/c1-23(20,21)18(12-14-3-2-10-22-14)9-6-15(19)17-11-13-4-7-16-8-5-13/h2-5,7-8,10H,6,9,11-12H2,1H3,(H,17,19). The van der Waals surface area contributed by atoms with Crippen molar-refractivity contribution in [1.82, 2.24) is 14.6 Å². The second-order valence-corrected chi connectivity index (χ2v) is 7.04. The second-order valence-electron chi connectivity index (χ2n) is 5.06. The van der Waals surface area contributed by atoms with Gasteiger partial charge in [0.05, 0.1) is 19.1 Å². The van der Waals surface area contributed by atoms with E-state index in [1.165, 1.54) is 10.6 Å². The first-order chi connectivity index (χ1) is 10.9. The number of nitrogens with zero attached hydrogens (tertiary/aromatic N) is 2. The molecule has 0 spiro atoms. The van der Waals surface area contributed by atoms with Gasteiger partial charge in [-0.05, 0) is 29.8 Å². The highest BCUT2D eigenvalue weighted by molar-refractivity contribution is 7.88. The molecule has 0 aromatic carbocycles. The molecular weight excluding hydrogens is 318 g/mol. The van der Waals surface area contributed by atoms with Gasteiger partial charge < -0.3 is 9.73 Å². The third kappa shape index (κ3) is 5.84. The normalized spacial score (nSPS) is 11.6. The topological polar surface area (TPSA) is 92.5 Å². The Balaban J connectivity index is 1.84. The van der Waals surface area contributed by atoms with Crippen molar-refractivity contribution >= 4 is 15.9 Å². The second kappa shape index (κ2) is 7.89. The molecule has 0 fully saturated rings. The maximum absolute atomic E-state index is 11.9. The van der Waals surface area contributed by atoms with Gasteiger partial charge in [0, 0.05) is 31.9 Å². The van der Waals surface area contributed by atoms with Gasteiger partial charge in [-0.1, -0.05) is 0 Å². The predicted octanol–water partition coefficient (Wildman–Crippen LogP) is 1.14. The van der Waals surface area contributed by atoms with E-state index in [4.69, 9.17) is 4.42 Å². The molecule has 0 radical (unpaired) electrons. The van der Waals surface area contributed by atoms with Crippen molar-refractivity contribution < 1.29 is 17.6 Å². The van der Waals surface area contributed by atoms with E-state index >= 15 is 0 Å². The minimum atomic E-state index is -3.42. The van der Waals surface area contributed by atoms with Crippen LogP contribution in [0.5, 0.6) is 0 Å². The molecule has 0 unspecified atom stereocenters. The van der Waals surface area contributed by atoms with Crippen molar-refractivity contribution in [3.8, 4) is 0 Å². The Kier molecular flexibility index (Phi) is 5.89. The van der Waals surface area contributed by atoms with Crippen LogP contribution in [-0.2, 0) is 27.9 Å². The van der Waals surface area contributed by atoms with E-state index in [0.717, 1.165) is 11.8 Å². The zero-order chi connectivity index (χ0) is 16.7. The van der Waals surface area contributed by atoms with Crippen molar-refractivity contribution in [3.63, 3.8) is 0 Å². The summed E-state index contributed by atoms with van der Waals surface area (Å²) in [5, 5.41) is 2.75. The van der Waals surface area contributed by atoms with E-state index in [2.05, 4.69) is 10.3 Å². The van der Waals surface area contributed by atoms with Gasteiger partial charge in [-0.15, -0.1) is 0 Å². The van der Waals surface area contributed by atoms with Gasteiger partial charge in [0.25, 0.3) is 0 Å².